The predicted molar refractivity (Wildman–Crippen MR) is 62.1 cm³/mol. The van der Waals surface area contributed by atoms with E-state index in [0.717, 1.165) is 11.6 Å². The lowest BCUT2D eigenvalue weighted by Gasteiger charge is -2.08. The van der Waals surface area contributed by atoms with Gasteiger partial charge in [0.15, 0.2) is 0 Å². The quantitative estimate of drug-likeness (QED) is 0.845. The zero-order valence-corrected chi connectivity index (χ0v) is 9.87. The Balaban J connectivity index is 2.19. The monoisotopic (exact) mass is 230 g/mol. The topological polar surface area (TPSA) is 29.3 Å². The standard InChI is InChI=1S/C10H15ClN2S/c1-13-3-2-7(6-13)10-9(11)4-8(5-12)14-10/h4,7H,2-3,5-6,12H2,1H3. The lowest BCUT2D eigenvalue weighted by Crippen LogP contribution is -2.13. The highest BCUT2D eigenvalue weighted by molar-refractivity contribution is 7.12. The second-order valence-electron chi connectivity index (χ2n) is 3.88. The van der Waals surface area contributed by atoms with Crippen LogP contribution >= 0.6 is 22.9 Å². The van der Waals surface area contributed by atoms with Crippen LogP contribution < -0.4 is 5.73 Å². The van der Waals surface area contributed by atoms with Crippen LogP contribution in [0, 0.1) is 0 Å². The van der Waals surface area contributed by atoms with Crippen molar-refractivity contribution in [2.45, 2.75) is 18.9 Å². The molecule has 1 aliphatic heterocycles. The van der Waals surface area contributed by atoms with Crippen molar-refractivity contribution in [3.63, 3.8) is 0 Å². The summed E-state index contributed by atoms with van der Waals surface area (Å²) in [6, 6.07) is 2.01. The van der Waals surface area contributed by atoms with Gasteiger partial charge in [0.25, 0.3) is 0 Å². The van der Waals surface area contributed by atoms with Crippen molar-refractivity contribution in [3.8, 4) is 0 Å². The molecule has 14 heavy (non-hydrogen) atoms. The summed E-state index contributed by atoms with van der Waals surface area (Å²) in [6.45, 7) is 2.91. The Morgan fingerprint density at radius 3 is 3.00 bits per heavy atom. The van der Waals surface area contributed by atoms with E-state index in [-0.39, 0.29) is 0 Å². The molecule has 1 aromatic heterocycles. The summed E-state index contributed by atoms with van der Waals surface area (Å²) in [7, 11) is 2.16. The first kappa shape index (κ1) is 10.4. The summed E-state index contributed by atoms with van der Waals surface area (Å²) >= 11 is 7.96. The second kappa shape index (κ2) is 4.19. The molecule has 78 valence electrons. The van der Waals surface area contributed by atoms with E-state index in [1.54, 1.807) is 11.3 Å². The van der Waals surface area contributed by atoms with Gasteiger partial charge in [-0.3, -0.25) is 0 Å². The van der Waals surface area contributed by atoms with Crippen molar-refractivity contribution in [2.75, 3.05) is 20.1 Å². The summed E-state index contributed by atoms with van der Waals surface area (Å²) in [5.74, 6) is 0.623. The summed E-state index contributed by atoms with van der Waals surface area (Å²) in [4.78, 5) is 4.87. The fourth-order valence-corrected chi connectivity index (χ4v) is 3.48. The van der Waals surface area contributed by atoms with Gasteiger partial charge in [-0.1, -0.05) is 11.6 Å². The van der Waals surface area contributed by atoms with Crippen molar-refractivity contribution in [1.29, 1.82) is 0 Å². The normalized spacial score (nSPS) is 23.2. The number of likely N-dealkylation sites (N-methyl/N-ethyl adjacent to an activating group) is 1. The Morgan fingerprint density at radius 1 is 1.71 bits per heavy atom. The van der Waals surface area contributed by atoms with E-state index in [0.29, 0.717) is 12.5 Å². The smallest absolute Gasteiger partial charge is 0.0551 e. The van der Waals surface area contributed by atoms with E-state index in [1.165, 1.54) is 22.7 Å². The van der Waals surface area contributed by atoms with Crippen LogP contribution in [0.25, 0.3) is 0 Å². The van der Waals surface area contributed by atoms with E-state index < -0.39 is 0 Å². The molecule has 2 heterocycles. The maximum Gasteiger partial charge on any atom is 0.0551 e. The van der Waals surface area contributed by atoms with Crippen LogP contribution in [0.3, 0.4) is 0 Å². The van der Waals surface area contributed by atoms with Gasteiger partial charge in [0.2, 0.25) is 0 Å². The van der Waals surface area contributed by atoms with Gasteiger partial charge in [-0.25, -0.2) is 0 Å². The molecule has 0 aromatic carbocycles. The molecule has 1 aliphatic rings. The Labute approximate surface area is 93.7 Å². The highest BCUT2D eigenvalue weighted by atomic mass is 35.5. The van der Waals surface area contributed by atoms with Crippen molar-refractivity contribution in [1.82, 2.24) is 4.90 Å². The second-order valence-corrected chi connectivity index (χ2v) is 5.45. The van der Waals surface area contributed by atoms with Crippen molar-refractivity contribution in [2.24, 2.45) is 5.73 Å². The first-order valence-electron chi connectivity index (χ1n) is 4.87. The molecule has 0 saturated carbocycles. The molecule has 0 radical (unpaired) electrons. The zero-order valence-electron chi connectivity index (χ0n) is 8.29. The van der Waals surface area contributed by atoms with E-state index in [2.05, 4.69) is 11.9 Å². The molecule has 1 unspecified atom stereocenters. The van der Waals surface area contributed by atoms with Gasteiger partial charge in [-0.2, -0.15) is 0 Å². The molecule has 0 spiro atoms. The molecule has 0 bridgehead atoms. The summed E-state index contributed by atoms with van der Waals surface area (Å²) < 4.78 is 0. The highest BCUT2D eigenvalue weighted by Gasteiger charge is 2.24. The number of halogens is 1. The van der Waals surface area contributed by atoms with Crippen LogP contribution in [0.1, 0.15) is 22.1 Å². The van der Waals surface area contributed by atoms with Crippen LogP contribution in [0.2, 0.25) is 5.02 Å². The fraction of sp³-hybridized carbons (Fsp3) is 0.600. The summed E-state index contributed by atoms with van der Waals surface area (Å²) in [5.41, 5.74) is 5.60. The van der Waals surface area contributed by atoms with Gasteiger partial charge in [-0.05, 0) is 26.1 Å². The first-order chi connectivity index (χ1) is 6.70. The van der Waals surface area contributed by atoms with Crippen LogP contribution in [0.15, 0.2) is 6.07 Å². The average Bonchev–Trinajstić information content (AvgIpc) is 2.71. The minimum atomic E-state index is 0.604. The van der Waals surface area contributed by atoms with E-state index >= 15 is 0 Å². The predicted octanol–water partition coefficient (Wildman–Crippen LogP) is 2.28. The number of nitrogens with zero attached hydrogens (tertiary/aromatic N) is 1. The number of rotatable bonds is 2. The van der Waals surface area contributed by atoms with Crippen LogP contribution in [0.4, 0.5) is 0 Å². The van der Waals surface area contributed by atoms with E-state index in [1.807, 2.05) is 6.07 Å². The largest absolute Gasteiger partial charge is 0.326 e. The van der Waals surface area contributed by atoms with Gasteiger partial charge in [0.1, 0.15) is 0 Å². The minimum Gasteiger partial charge on any atom is -0.326 e. The van der Waals surface area contributed by atoms with Crippen molar-refractivity contribution < 1.29 is 0 Å². The highest BCUT2D eigenvalue weighted by Crippen LogP contribution is 2.37. The Kier molecular flexibility index (Phi) is 3.12. The Bertz CT molecular complexity index is 324. The lowest BCUT2D eigenvalue weighted by molar-refractivity contribution is 0.412. The number of thiophene rings is 1. The number of nitrogens with two attached hydrogens (primary N) is 1. The van der Waals surface area contributed by atoms with Gasteiger partial charge < -0.3 is 10.6 Å². The van der Waals surface area contributed by atoms with E-state index in [4.69, 9.17) is 17.3 Å². The molecular formula is C10H15ClN2S. The molecule has 4 heteroatoms. The fourth-order valence-electron chi connectivity index (χ4n) is 1.96. The number of hydrogen-bond donors (Lipinski definition) is 1. The van der Waals surface area contributed by atoms with Crippen LogP contribution in [0.5, 0.6) is 0 Å². The molecule has 0 amide bonds. The minimum absolute atomic E-state index is 0.604. The van der Waals surface area contributed by atoms with Crippen molar-refractivity contribution >= 4 is 22.9 Å². The lowest BCUT2D eigenvalue weighted by atomic mass is 10.1. The van der Waals surface area contributed by atoms with Crippen molar-refractivity contribution in [3.05, 3.63) is 20.8 Å². The Hall–Kier alpha value is -0.0900. The first-order valence-corrected chi connectivity index (χ1v) is 6.07. The van der Waals surface area contributed by atoms with Crippen LogP contribution in [-0.4, -0.2) is 25.0 Å². The number of likely N-dealkylation sites (tertiary alicyclic amines) is 1. The van der Waals surface area contributed by atoms with Gasteiger partial charge in [0, 0.05) is 28.8 Å². The SMILES string of the molecule is CN1CCC(c2sc(CN)cc2Cl)C1. The molecule has 2 N–H and O–H groups in total. The third-order valence-corrected chi connectivity index (χ3v) is 4.47. The molecule has 0 aliphatic carbocycles. The molecule has 1 aromatic rings. The molecule has 1 atom stereocenters. The average molecular weight is 231 g/mol. The third-order valence-electron chi connectivity index (χ3n) is 2.73. The zero-order chi connectivity index (χ0) is 10.1. The number of hydrogen-bond acceptors (Lipinski definition) is 3. The maximum atomic E-state index is 6.19. The molecular weight excluding hydrogens is 216 g/mol. The molecule has 1 saturated heterocycles. The molecule has 2 nitrogen and oxygen atoms in total. The molecule has 1 fully saturated rings. The summed E-state index contributed by atoms with van der Waals surface area (Å²) in [5, 5.41) is 0.913. The van der Waals surface area contributed by atoms with Crippen LogP contribution in [-0.2, 0) is 6.54 Å². The molecule has 2 rings (SSSR count). The third kappa shape index (κ3) is 1.96. The van der Waals surface area contributed by atoms with Gasteiger partial charge in [-0.15, -0.1) is 11.3 Å². The summed E-state index contributed by atoms with van der Waals surface area (Å²) in [6.07, 6.45) is 1.22. The Morgan fingerprint density at radius 2 is 2.50 bits per heavy atom. The van der Waals surface area contributed by atoms with Gasteiger partial charge in [0.05, 0.1) is 5.02 Å². The maximum absolute atomic E-state index is 6.19. The van der Waals surface area contributed by atoms with Gasteiger partial charge >= 0.3 is 0 Å². The van der Waals surface area contributed by atoms with E-state index in [9.17, 15) is 0 Å².